The summed E-state index contributed by atoms with van der Waals surface area (Å²) in [6.07, 6.45) is 3.64. The predicted molar refractivity (Wildman–Crippen MR) is 131 cm³/mol. The molecule has 3 heterocycles. The lowest BCUT2D eigenvalue weighted by Gasteiger charge is -2.38. The maximum absolute atomic E-state index is 13.6. The number of benzene rings is 2. The summed E-state index contributed by atoms with van der Waals surface area (Å²) in [5, 5.41) is 8.26. The molecule has 2 aromatic carbocycles. The Kier molecular flexibility index (Phi) is 5.71. The Morgan fingerprint density at radius 3 is 2.55 bits per heavy atom. The van der Waals surface area contributed by atoms with Gasteiger partial charge in [-0.25, -0.2) is 4.68 Å². The van der Waals surface area contributed by atoms with Crippen LogP contribution < -0.4 is 5.32 Å². The summed E-state index contributed by atoms with van der Waals surface area (Å²) in [5.74, 6) is 0.871. The molecule has 172 valence electrons. The number of carbonyl (C=O) groups excluding carboxylic acids is 1. The normalized spacial score (nSPS) is 21.9. The Morgan fingerprint density at radius 2 is 1.82 bits per heavy atom. The molecule has 0 spiro atoms. The molecule has 33 heavy (non-hydrogen) atoms. The standard InChI is InChI=1S/C27H33N5O/c1-27(2)16-24(21-12-8-5-9-13-21)29-25-23(17-28-32(25)27)26(33)30(3)22-14-15-31(19-22)18-20-10-6-4-7-11-20/h4-13,17,22,24,29H,14-16,18-19H2,1-3H3. The number of hydrogen-bond donors (Lipinski definition) is 1. The highest BCUT2D eigenvalue weighted by Gasteiger charge is 2.38. The van der Waals surface area contributed by atoms with Crippen LogP contribution in [-0.4, -0.2) is 51.7 Å². The van der Waals surface area contributed by atoms with Crippen molar-refractivity contribution in [2.75, 3.05) is 25.5 Å². The topological polar surface area (TPSA) is 53.4 Å². The quantitative estimate of drug-likeness (QED) is 0.630. The zero-order valence-electron chi connectivity index (χ0n) is 19.7. The summed E-state index contributed by atoms with van der Waals surface area (Å²) in [6, 6.07) is 21.4. The van der Waals surface area contributed by atoms with Crippen molar-refractivity contribution in [3.8, 4) is 0 Å². The van der Waals surface area contributed by atoms with Gasteiger partial charge in [-0.05, 0) is 37.8 Å². The van der Waals surface area contributed by atoms with Crippen molar-refractivity contribution in [1.82, 2.24) is 19.6 Å². The Labute approximate surface area is 196 Å². The van der Waals surface area contributed by atoms with Crippen LogP contribution in [0.2, 0.25) is 0 Å². The van der Waals surface area contributed by atoms with Crippen LogP contribution in [0.4, 0.5) is 5.82 Å². The van der Waals surface area contributed by atoms with E-state index < -0.39 is 0 Å². The van der Waals surface area contributed by atoms with Crippen molar-refractivity contribution in [2.45, 2.75) is 50.9 Å². The molecule has 2 atom stereocenters. The molecule has 2 aliphatic rings. The molecule has 0 saturated carbocycles. The van der Waals surface area contributed by atoms with Crippen LogP contribution in [0.15, 0.2) is 66.9 Å². The minimum absolute atomic E-state index is 0.0415. The molecule has 3 aromatic rings. The van der Waals surface area contributed by atoms with Gasteiger partial charge in [0.2, 0.25) is 0 Å². The molecule has 2 aliphatic heterocycles. The molecular formula is C27H33N5O. The van der Waals surface area contributed by atoms with Crippen LogP contribution >= 0.6 is 0 Å². The van der Waals surface area contributed by atoms with Gasteiger partial charge in [-0.3, -0.25) is 9.69 Å². The first kappa shape index (κ1) is 21.7. The largest absolute Gasteiger partial charge is 0.363 e. The van der Waals surface area contributed by atoms with Crippen LogP contribution in [-0.2, 0) is 12.1 Å². The fourth-order valence-electron chi connectivity index (χ4n) is 5.26. The van der Waals surface area contributed by atoms with Crippen molar-refractivity contribution in [1.29, 1.82) is 0 Å². The van der Waals surface area contributed by atoms with Gasteiger partial charge in [-0.1, -0.05) is 60.7 Å². The van der Waals surface area contributed by atoms with E-state index in [-0.39, 0.29) is 23.5 Å². The lowest BCUT2D eigenvalue weighted by atomic mass is 9.89. The third-order valence-electron chi connectivity index (χ3n) is 7.15. The highest BCUT2D eigenvalue weighted by molar-refractivity contribution is 5.99. The first-order valence-electron chi connectivity index (χ1n) is 11.9. The van der Waals surface area contributed by atoms with Gasteiger partial charge in [0, 0.05) is 32.7 Å². The number of nitrogens with zero attached hydrogens (tertiary/aromatic N) is 4. The molecule has 6 heteroatoms. The lowest BCUT2D eigenvalue weighted by Crippen LogP contribution is -2.41. The fourth-order valence-corrected chi connectivity index (χ4v) is 5.26. The fraction of sp³-hybridized carbons (Fsp3) is 0.407. The van der Waals surface area contributed by atoms with Gasteiger partial charge < -0.3 is 10.2 Å². The first-order chi connectivity index (χ1) is 15.9. The number of likely N-dealkylation sites (N-methyl/N-ethyl adjacent to an activating group) is 1. The zero-order chi connectivity index (χ0) is 23.0. The number of likely N-dealkylation sites (tertiary alicyclic amines) is 1. The van der Waals surface area contributed by atoms with Crippen LogP contribution in [0.3, 0.4) is 0 Å². The van der Waals surface area contributed by atoms with Gasteiger partial charge in [0.05, 0.1) is 17.8 Å². The number of nitrogens with one attached hydrogen (secondary N) is 1. The first-order valence-corrected chi connectivity index (χ1v) is 11.9. The summed E-state index contributed by atoms with van der Waals surface area (Å²) >= 11 is 0. The van der Waals surface area contributed by atoms with Gasteiger partial charge >= 0.3 is 0 Å². The van der Waals surface area contributed by atoms with Crippen LogP contribution in [0, 0.1) is 0 Å². The van der Waals surface area contributed by atoms with Crippen LogP contribution in [0.5, 0.6) is 0 Å². The third kappa shape index (κ3) is 4.27. The molecule has 1 fully saturated rings. The molecule has 1 saturated heterocycles. The molecule has 0 bridgehead atoms. The minimum atomic E-state index is -0.183. The van der Waals surface area contributed by atoms with Crippen molar-refractivity contribution in [3.63, 3.8) is 0 Å². The highest BCUT2D eigenvalue weighted by Crippen LogP contribution is 2.40. The number of fused-ring (bicyclic) bond motifs is 1. The smallest absolute Gasteiger partial charge is 0.259 e. The summed E-state index contributed by atoms with van der Waals surface area (Å²) in [4.78, 5) is 18.0. The van der Waals surface area contributed by atoms with Gasteiger partial charge in [0.1, 0.15) is 11.4 Å². The number of aromatic nitrogens is 2. The molecule has 1 aromatic heterocycles. The molecule has 1 amide bonds. The second kappa shape index (κ2) is 8.67. The molecule has 0 radical (unpaired) electrons. The van der Waals surface area contributed by atoms with E-state index in [1.54, 1.807) is 6.20 Å². The van der Waals surface area contributed by atoms with E-state index in [9.17, 15) is 4.79 Å². The Bertz CT molecular complexity index is 1110. The van der Waals surface area contributed by atoms with E-state index in [1.165, 1.54) is 11.1 Å². The van der Waals surface area contributed by atoms with E-state index in [1.807, 2.05) is 28.8 Å². The van der Waals surface area contributed by atoms with E-state index in [2.05, 4.69) is 77.7 Å². The average Bonchev–Trinajstić information content (AvgIpc) is 3.47. The van der Waals surface area contributed by atoms with E-state index in [0.717, 1.165) is 38.3 Å². The van der Waals surface area contributed by atoms with Crippen molar-refractivity contribution in [3.05, 3.63) is 83.6 Å². The summed E-state index contributed by atoms with van der Waals surface area (Å²) < 4.78 is 1.99. The van der Waals surface area contributed by atoms with Gasteiger partial charge in [-0.15, -0.1) is 0 Å². The maximum Gasteiger partial charge on any atom is 0.259 e. The number of amides is 1. The number of anilines is 1. The van der Waals surface area contributed by atoms with E-state index in [0.29, 0.717) is 5.56 Å². The summed E-state index contributed by atoms with van der Waals surface area (Å²) in [6.45, 7) is 7.21. The second-order valence-corrected chi connectivity index (χ2v) is 10.0. The van der Waals surface area contributed by atoms with Gasteiger partial charge in [-0.2, -0.15) is 5.10 Å². The van der Waals surface area contributed by atoms with Crippen LogP contribution in [0.1, 0.15) is 54.2 Å². The lowest BCUT2D eigenvalue weighted by molar-refractivity contribution is 0.0735. The Balaban J connectivity index is 1.32. The molecule has 0 aliphatic carbocycles. The molecular weight excluding hydrogens is 410 g/mol. The Hall–Kier alpha value is -3.12. The Morgan fingerprint density at radius 1 is 1.12 bits per heavy atom. The van der Waals surface area contributed by atoms with Crippen LogP contribution in [0.25, 0.3) is 0 Å². The van der Waals surface area contributed by atoms with E-state index >= 15 is 0 Å². The van der Waals surface area contributed by atoms with Gasteiger partial charge in [0.25, 0.3) is 5.91 Å². The zero-order valence-corrected chi connectivity index (χ0v) is 19.7. The molecule has 2 unspecified atom stereocenters. The number of carbonyl (C=O) groups is 1. The van der Waals surface area contributed by atoms with Gasteiger partial charge in [0.15, 0.2) is 0 Å². The van der Waals surface area contributed by atoms with E-state index in [4.69, 9.17) is 0 Å². The number of hydrogen-bond acceptors (Lipinski definition) is 4. The summed E-state index contributed by atoms with van der Waals surface area (Å²) in [5.41, 5.74) is 3.03. The molecule has 5 rings (SSSR count). The maximum atomic E-state index is 13.6. The monoisotopic (exact) mass is 443 g/mol. The highest BCUT2D eigenvalue weighted by atomic mass is 16.2. The van der Waals surface area contributed by atoms with Crippen molar-refractivity contribution >= 4 is 11.7 Å². The summed E-state index contributed by atoms with van der Waals surface area (Å²) in [7, 11) is 1.94. The average molecular weight is 444 g/mol. The molecule has 1 N–H and O–H groups in total. The predicted octanol–water partition coefficient (Wildman–Crippen LogP) is 4.52. The SMILES string of the molecule is CN(C(=O)c1cnn2c1NC(c1ccccc1)CC2(C)C)C1CCN(Cc2ccccc2)C1. The minimum Gasteiger partial charge on any atom is -0.363 e. The van der Waals surface area contributed by atoms with Crippen molar-refractivity contribution < 1.29 is 4.79 Å². The third-order valence-corrected chi connectivity index (χ3v) is 7.15. The number of rotatable bonds is 5. The second-order valence-electron chi connectivity index (χ2n) is 10.0. The van der Waals surface area contributed by atoms with Crippen molar-refractivity contribution in [2.24, 2.45) is 0 Å². The molecule has 6 nitrogen and oxygen atoms in total.